The maximum atomic E-state index is 12.0. The van der Waals surface area contributed by atoms with Crippen molar-refractivity contribution in [1.29, 1.82) is 0 Å². The van der Waals surface area contributed by atoms with Gasteiger partial charge in [-0.25, -0.2) is 4.79 Å². The summed E-state index contributed by atoms with van der Waals surface area (Å²) in [6.45, 7) is 2.14. The predicted molar refractivity (Wildman–Crippen MR) is 95.7 cm³/mol. The highest BCUT2D eigenvalue weighted by atomic mass is 16.4. The molecular weight excluding hydrogens is 302 g/mol. The van der Waals surface area contributed by atoms with Crippen LogP contribution in [-0.4, -0.2) is 17.0 Å². The molecule has 2 aromatic rings. The van der Waals surface area contributed by atoms with E-state index in [4.69, 9.17) is 5.11 Å². The molecule has 0 spiro atoms. The van der Waals surface area contributed by atoms with Crippen LogP contribution in [0.25, 0.3) is 10.8 Å². The summed E-state index contributed by atoms with van der Waals surface area (Å²) >= 11 is 0. The highest BCUT2D eigenvalue weighted by Gasteiger charge is 2.15. The fourth-order valence-corrected chi connectivity index (χ4v) is 2.83. The van der Waals surface area contributed by atoms with E-state index in [1.54, 1.807) is 0 Å². The Hall–Kier alpha value is -2.62. The first-order valence-electron chi connectivity index (χ1n) is 8.31. The highest BCUT2D eigenvalue weighted by Crippen LogP contribution is 2.27. The molecule has 1 amide bonds. The molecule has 0 aliphatic rings. The number of carbonyl (C=O) groups is 2. The van der Waals surface area contributed by atoms with Gasteiger partial charge in [-0.3, -0.25) is 4.79 Å². The number of aliphatic carboxylic acids is 1. The molecule has 0 saturated carbocycles. The highest BCUT2D eigenvalue weighted by molar-refractivity contribution is 5.94. The topological polar surface area (TPSA) is 66.4 Å². The van der Waals surface area contributed by atoms with Crippen molar-refractivity contribution in [3.63, 3.8) is 0 Å². The van der Waals surface area contributed by atoms with E-state index in [1.165, 1.54) is 0 Å². The van der Waals surface area contributed by atoms with Crippen LogP contribution < -0.4 is 5.32 Å². The predicted octanol–water partition coefficient (Wildman–Crippen LogP) is 4.22. The smallest absolute Gasteiger partial charge is 0.328 e. The third-order valence-electron chi connectivity index (χ3n) is 3.99. The second-order valence-electron chi connectivity index (χ2n) is 5.80. The van der Waals surface area contributed by atoms with E-state index in [1.807, 2.05) is 36.4 Å². The number of fused-ring (bicyclic) bond motifs is 1. The molecule has 24 heavy (non-hydrogen) atoms. The van der Waals surface area contributed by atoms with Crippen LogP contribution in [0.15, 0.2) is 54.6 Å². The summed E-state index contributed by atoms with van der Waals surface area (Å²) in [4.78, 5) is 22.6. The number of rotatable bonds is 8. The zero-order chi connectivity index (χ0) is 17.4. The average Bonchev–Trinajstić information content (AvgIpc) is 2.59. The van der Waals surface area contributed by atoms with Crippen molar-refractivity contribution in [3.8, 4) is 0 Å². The van der Waals surface area contributed by atoms with E-state index in [9.17, 15) is 9.59 Å². The molecule has 2 aromatic carbocycles. The summed E-state index contributed by atoms with van der Waals surface area (Å²) in [6.07, 6.45) is 5.97. The van der Waals surface area contributed by atoms with E-state index in [0.717, 1.165) is 54.2 Å². The number of unbranched alkanes of at least 4 members (excludes halogenated alkanes) is 2. The Labute approximate surface area is 142 Å². The minimum Gasteiger partial charge on any atom is -0.478 e. The summed E-state index contributed by atoms with van der Waals surface area (Å²) in [7, 11) is 0. The van der Waals surface area contributed by atoms with Crippen LogP contribution in [0.2, 0.25) is 0 Å². The molecule has 4 heteroatoms. The number of nitrogens with one attached hydrogen (secondary N) is 1. The molecule has 0 aliphatic carbocycles. The molecule has 0 aliphatic heterocycles. The first kappa shape index (κ1) is 17.7. The second-order valence-corrected chi connectivity index (χ2v) is 5.80. The van der Waals surface area contributed by atoms with Crippen LogP contribution in [0.4, 0.5) is 0 Å². The van der Waals surface area contributed by atoms with Gasteiger partial charge in [-0.05, 0) is 22.8 Å². The number of hydrogen-bond donors (Lipinski definition) is 2. The van der Waals surface area contributed by atoms with Gasteiger partial charge in [-0.2, -0.15) is 0 Å². The van der Waals surface area contributed by atoms with Gasteiger partial charge in [-0.1, -0.05) is 68.7 Å². The van der Waals surface area contributed by atoms with E-state index in [2.05, 4.69) is 18.3 Å². The molecule has 0 fully saturated rings. The maximum Gasteiger partial charge on any atom is 0.328 e. The van der Waals surface area contributed by atoms with Gasteiger partial charge in [0.2, 0.25) is 5.91 Å². The van der Waals surface area contributed by atoms with Crippen molar-refractivity contribution in [3.05, 3.63) is 60.2 Å². The van der Waals surface area contributed by atoms with Crippen molar-refractivity contribution in [2.24, 2.45) is 0 Å². The quantitative estimate of drug-likeness (QED) is 0.564. The van der Waals surface area contributed by atoms with Crippen molar-refractivity contribution in [2.75, 3.05) is 0 Å². The number of hydrogen-bond acceptors (Lipinski definition) is 2. The molecule has 0 aromatic heterocycles. The largest absolute Gasteiger partial charge is 0.478 e. The van der Waals surface area contributed by atoms with Gasteiger partial charge in [0.1, 0.15) is 0 Å². The van der Waals surface area contributed by atoms with Crippen LogP contribution in [-0.2, 0) is 9.59 Å². The van der Waals surface area contributed by atoms with Crippen LogP contribution in [0, 0.1) is 0 Å². The molecule has 1 unspecified atom stereocenters. The fraction of sp³-hybridized carbons (Fsp3) is 0.300. The summed E-state index contributed by atoms with van der Waals surface area (Å²) in [5.41, 5.74) is 1.07. The van der Waals surface area contributed by atoms with E-state index in [0.29, 0.717) is 0 Å². The van der Waals surface area contributed by atoms with E-state index < -0.39 is 5.97 Å². The summed E-state index contributed by atoms with van der Waals surface area (Å²) in [5.74, 6) is -1.51. The molecule has 0 radical (unpaired) electrons. The minimum atomic E-state index is -1.13. The molecule has 2 rings (SSSR count). The van der Waals surface area contributed by atoms with Gasteiger partial charge in [-0.15, -0.1) is 0 Å². The van der Waals surface area contributed by atoms with Crippen LogP contribution in [0.3, 0.4) is 0 Å². The van der Waals surface area contributed by atoms with Crippen molar-refractivity contribution < 1.29 is 14.7 Å². The first-order valence-corrected chi connectivity index (χ1v) is 8.31. The number of benzene rings is 2. The minimum absolute atomic E-state index is 0.131. The molecule has 0 bridgehead atoms. The number of carboxylic acids is 1. The van der Waals surface area contributed by atoms with Gasteiger partial charge in [0.05, 0.1) is 6.04 Å². The SMILES string of the molecule is CCCCCC(NC(=O)/C=C\C(=O)O)c1cccc2ccccc12. The summed E-state index contributed by atoms with van der Waals surface area (Å²) in [6, 6.07) is 14.0. The Morgan fingerprint density at radius 1 is 1.08 bits per heavy atom. The summed E-state index contributed by atoms with van der Waals surface area (Å²) < 4.78 is 0. The van der Waals surface area contributed by atoms with Crippen LogP contribution in [0.5, 0.6) is 0 Å². The Bertz CT molecular complexity index is 731. The average molecular weight is 325 g/mol. The molecule has 0 heterocycles. The lowest BCUT2D eigenvalue weighted by Gasteiger charge is -2.20. The van der Waals surface area contributed by atoms with Crippen molar-refractivity contribution in [1.82, 2.24) is 5.32 Å². The van der Waals surface area contributed by atoms with Gasteiger partial charge in [0, 0.05) is 12.2 Å². The molecule has 4 nitrogen and oxygen atoms in total. The standard InChI is InChI=1S/C20H23NO3/c1-2-3-4-12-18(21-19(22)13-14-20(23)24)17-11-7-9-15-8-5-6-10-16(15)17/h5-11,13-14,18H,2-4,12H2,1H3,(H,21,22)(H,23,24)/b14-13-. The monoisotopic (exact) mass is 325 g/mol. The van der Waals surface area contributed by atoms with Crippen LogP contribution >= 0.6 is 0 Å². The number of carboxylic acid groups (broad SMARTS) is 1. The summed E-state index contributed by atoms with van der Waals surface area (Å²) in [5, 5.41) is 13.9. The molecule has 126 valence electrons. The van der Waals surface area contributed by atoms with Gasteiger partial charge < -0.3 is 10.4 Å². The Morgan fingerprint density at radius 2 is 1.83 bits per heavy atom. The van der Waals surface area contributed by atoms with Gasteiger partial charge >= 0.3 is 5.97 Å². The second kappa shape index (κ2) is 8.87. The number of carbonyl (C=O) groups excluding carboxylic acids is 1. The molecular formula is C20H23NO3. The van der Waals surface area contributed by atoms with Crippen molar-refractivity contribution in [2.45, 2.75) is 38.6 Å². The normalized spacial score (nSPS) is 12.4. The van der Waals surface area contributed by atoms with Crippen molar-refractivity contribution >= 4 is 22.6 Å². The molecule has 1 atom stereocenters. The van der Waals surface area contributed by atoms with E-state index >= 15 is 0 Å². The van der Waals surface area contributed by atoms with Crippen LogP contribution in [0.1, 0.15) is 44.2 Å². The first-order chi connectivity index (χ1) is 11.6. The van der Waals surface area contributed by atoms with Gasteiger partial charge in [0.15, 0.2) is 0 Å². The zero-order valence-electron chi connectivity index (χ0n) is 13.9. The lowest BCUT2D eigenvalue weighted by atomic mass is 9.95. The number of amides is 1. The molecule has 2 N–H and O–H groups in total. The molecule has 0 saturated heterocycles. The fourth-order valence-electron chi connectivity index (χ4n) is 2.83. The third kappa shape index (κ3) is 4.95. The van der Waals surface area contributed by atoms with E-state index in [-0.39, 0.29) is 11.9 Å². The zero-order valence-corrected chi connectivity index (χ0v) is 13.9. The van der Waals surface area contributed by atoms with Gasteiger partial charge in [0.25, 0.3) is 0 Å². The Morgan fingerprint density at radius 3 is 2.58 bits per heavy atom. The maximum absolute atomic E-state index is 12.0. The lowest BCUT2D eigenvalue weighted by Crippen LogP contribution is -2.27. The third-order valence-corrected chi connectivity index (χ3v) is 3.99. The lowest BCUT2D eigenvalue weighted by molar-refractivity contribution is -0.131. The Balaban J connectivity index is 2.27. The Kier molecular flexibility index (Phi) is 6.55.